The molecule has 0 unspecified atom stereocenters. The second-order valence-corrected chi connectivity index (χ2v) is 11.3. The molecule has 13 nitrogen and oxygen atoms in total. The summed E-state index contributed by atoms with van der Waals surface area (Å²) >= 11 is 1.96. The molecule has 0 bridgehead atoms. The van der Waals surface area contributed by atoms with E-state index in [4.69, 9.17) is 20.8 Å². The average molecular weight is 742 g/mol. The summed E-state index contributed by atoms with van der Waals surface area (Å²) in [6, 6.07) is 0. The van der Waals surface area contributed by atoms with Gasteiger partial charge in [-0.25, -0.2) is 20.1 Å². The molecule has 0 saturated carbocycles. The van der Waals surface area contributed by atoms with E-state index in [2.05, 4.69) is 10.3 Å². The Morgan fingerprint density at radius 1 is 0.905 bits per heavy atom. The van der Waals surface area contributed by atoms with Crippen LogP contribution in [0.3, 0.4) is 0 Å². The maximum absolute atomic E-state index is 12.0. The summed E-state index contributed by atoms with van der Waals surface area (Å²) in [5.41, 5.74) is 1.38. The van der Waals surface area contributed by atoms with Crippen LogP contribution >= 0.6 is 35.0 Å². The van der Waals surface area contributed by atoms with E-state index in [9.17, 15) is 19.2 Å². The smallest absolute Gasteiger partial charge is 0.410 e. The number of alkyl halides is 1. The minimum absolute atomic E-state index is 0. The maximum atomic E-state index is 12.0. The van der Waals surface area contributed by atoms with E-state index in [0.717, 1.165) is 19.3 Å². The van der Waals surface area contributed by atoms with Crippen LogP contribution in [0.1, 0.15) is 68.6 Å². The standard InChI is InChI=1S/C13H24N2O4.C11H19NO4.C2H7NO.CH3I.ClH/c1-13(2,3)19-12(17)15-8-6-7-10(9-15)11(16)14(4)18-5;1-11(2,3)16-10(15)12-6-4-5-8(7-12)9(13)14;1-3-4-2;1-2;/h10H,6-9H2,1-5H3;8H,4-7H2,1-3H3,(H,13,14);3H,1-2H3;1H3;1H/t10-;8-;;;/m11.../s1/i;;;1D;. The number of carbonyl (C=O) groups excluding carboxylic acids is 3. The van der Waals surface area contributed by atoms with Crippen LogP contribution in [0, 0.1) is 11.8 Å². The fourth-order valence-corrected chi connectivity index (χ4v) is 3.69. The minimum Gasteiger partial charge on any atom is -0.481 e. The molecule has 0 aromatic heterocycles. The number of likely N-dealkylation sites (tertiary alicyclic amines) is 2. The van der Waals surface area contributed by atoms with E-state index < -0.39 is 29.2 Å². The van der Waals surface area contributed by atoms with Crippen molar-refractivity contribution in [1.82, 2.24) is 20.3 Å². The molecule has 2 aliphatic heterocycles. The van der Waals surface area contributed by atoms with Gasteiger partial charge in [-0.05, 0) is 72.1 Å². The molecule has 0 spiro atoms. The number of carboxylic acids is 1. The quantitative estimate of drug-likeness (QED) is 0.238. The van der Waals surface area contributed by atoms with Crippen molar-refractivity contribution >= 4 is 59.1 Å². The lowest BCUT2D eigenvalue weighted by Gasteiger charge is -2.34. The first-order chi connectivity index (χ1) is 19.4. The molecule has 2 aliphatic rings. The zero-order valence-electron chi connectivity index (χ0n) is 27.9. The third-order valence-electron chi connectivity index (χ3n) is 5.63. The Morgan fingerprint density at radius 2 is 1.26 bits per heavy atom. The van der Waals surface area contributed by atoms with Gasteiger partial charge in [-0.3, -0.25) is 14.4 Å². The minimum atomic E-state index is -0.840. The van der Waals surface area contributed by atoms with Crippen molar-refractivity contribution < 1.29 is 44.8 Å². The van der Waals surface area contributed by atoms with Crippen LogP contribution in [0.4, 0.5) is 9.59 Å². The molecule has 0 aliphatic carbocycles. The Hall–Kier alpha value is -1.62. The van der Waals surface area contributed by atoms with Gasteiger partial charge in [0.15, 0.2) is 0 Å². The number of rotatable bonds is 4. The molecular weight excluding hydrogens is 687 g/mol. The second-order valence-electron chi connectivity index (χ2n) is 11.3. The van der Waals surface area contributed by atoms with E-state index in [0.29, 0.717) is 31.0 Å². The SMILES string of the molecule is CC(C)(C)OC(=O)N1CCC[C@@H](C(=O)O)C1.CNOC.CON(C)C(=O)[C@@H]1CCCN(C(=O)OC(C)(C)C)C1.Cl.[2H]CI. The van der Waals surface area contributed by atoms with Crippen LogP contribution in [0.15, 0.2) is 0 Å². The number of hydrogen-bond acceptors (Lipinski definition) is 9. The van der Waals surface area contributed by atoms with E-state index in [1.165, 1.54) is 17.1 Å². The van der Waals surface area contributed by atoms with Crippen molar-refractivity contribution in [2.24, 2.45) is 11.8 Å². The normalized spacial score (nSPS) is 18.5. The van der Waals surface area contributed by atoms with Crippen molar-refractivity contribution in [2.75, 3.05) is 59.4 Å². The highest BCUT2D eigenvalue weighted by Gasteiger charge is 2.33. The highest BCUT2D eigenvalue weighted by atomic mass is 127. The molecule has 2 N–H and O–H groups in total. The Kier molecular flexibility index (Phi) is 23.1. The number of halogens is 2. The monoisotopic (exact) mass is 741 g/mol. The summed E-state index contributed by atoms with van der Waals surface area (Å²) in [5, 5.41) is 10.1. The van der Waals surface area contributed by atoms with Crippen LogP contribution in [0.2, 0.25) is 0 Å². The molecule has 42 heavy (non-hydrogen) atoms. The zero-order valence-corrected chi connectivity index (χ0v) is 29.8. The Bertz CT molecular complexity index is 814. The van der Waals surface area contributed by atoms with Crippen LogP contribution in [-0.4, -0.2) is 115 Å². The summed E-state index contributed by atoms with van der Waals surface area (Å²) in [6.45, 7) is 12.7. The molecular formula is C27H54ClIN4O9. The van der Waals surface area contributed by atoms with Crippen molar-refractivity contribution in [3.63, 3.8) is 0 Å². The Labute approximate surface area is 273 Å². The summed E-state index contributed by atoms with van der Waals surface area (Å²) in [6.07, 6.45) is 2.15. The molecule has 2 fully saturated rings. The number of hydrogen-bond donors (Lipinski definition) is 2. The summed E-state index contributed by atoms with van der Waals surface area (Å²) < 4.78 is 16.7. The van der Waals surface area contributed by atoms with Gasteiger partial charge in [-0.1, -0.05) is 22.6 Å². The number of carboxylic acid groups (broad SMARTS) is 1. The number of nitrogens with one attached hydrogen (secondary N) is 1. The molecule has 15 heteroatoms. The van der Waals surface area contributed by atoms with Gasteiger partial charge in [-0.15, -0.1) is 12.4 Å². The van der Waals surface area contributed by atoms with Crippen LogP contribution < -0.4 is 5.48 Å². The van der Waals surface area contributed by atoms with E-state index >= 15 is 0 Å². The number of piperidine rings is 2. The number of ether oxygens (including phenoxy) is 2. The van der Waals surface area contributed by atoms with Crippen LogP contribution in [0.5, 0.6) is 0 Å². The van der Waals surface area contributed by atoms with E-state index in [1.807, 2.05) is 43.4 Å². The molecule has 3 amide bonds. The van der Waals surface area contributed by atoms with Gasteiger partial charge in [0.25, 0.3) is 5.91 Å². The zero-order chi connectivity index (χ0) is 33.1. The largest absolute Gasteiger partial charge is 0.481 e. The maximum Gasteiger partial charge on any atom is 0.410 e. The highest BCUT2D eigenvalue weighted by Crippen LogP contribution is 2.21. The number of aliphatic carboxylic acids is 1. The Balaban J connectivity index is -0.000000604. The Morgan fingerprint density at radius 3 is 1.57 bits per heavy atom. The first-order valence-electron chi connectivity index (χ1n) is 14.1. The lowest BCUT2D eigenvalue weighted by atomic mass is 9.97. The number of amides is 3. The van der Waals surface area contributed by atoms with Crippen molar-refractivity contribution in [1.29, 1.82) is 0 Å². The van der Waals surface area contributed by atoms with Crippen LogP contribution in [0.25, 0.3) is 0 Å². The van der Waals surface area contributed by atoms with Crippen molar-refractivity contribution in [3.8, 4) is 0 Å². The third kappa shape index (κ3) is 20.3. The van der Waals surface area contributed by atoms with E-state index in [1.54, 1.807) is 46.9 Å². The number of hydroxylamine groups is 3. The van der Waals surface area contributed by atoms with Gasteiger partial charge in [0.1, 0.15) is 11.2 Å². The molecule has 2 saturated heterocycles. The highest BCUT2D eigenvalue weighted by molar-refractivity contribution is 14.1. The molecule has 0 radical (unpaired) electrons. The lowest BCUT2D eigenvalue weighted by molar-refractivity contribution is -0.174. The van der Waals surface area contributed by atoms with Gasteiger partial charge < -0.3 is 29.2 Å². The fraction of sp³-hybridized carbons (Fsp3) is 0.852. The average Bonchev–Trinajstić information content (AvgIpc) is 2.91. The molecule has 250 valence electrons. The molecule has 2 atom stereocenters. The molecule has 0 aromatic carbocycles. The molecule has 0 aromatic rings. The van der Waals surface area contributed by atoms with Gasteiger partial charge in [0.05, 0.1) is 26.1 Å². The lowest BCUT2D eigenvalue weighted by Crippen LogP contribution is -2.47. The van der Waals surface area contributed by atoms with Gasteiger partial charge >= 0.3 is 18.2 Å². The van der Waals surface area contributed by atoms with Crippen molar-refractivity contribution in [2.45, 2.75) is 78.4 Å². The van der Waals surface area contributed by atoms with E-state index in [-0.39, 0.29) is 36.9 Å². The fourth-order valence-electron chi connectivity index (χ4n) is 3.69. The number of carbonyl (C=O) groups is 4. The van der Waals surface area contributed by atoms with Gasteiger partial charge in [0.2, 0.25) is 0 Å². The van der Waals surface area contributed by atoms with Gasteiger partial charge in [-0.2, -0.15) is 0 Å². The first-order valence-corrected chi connectivity index (χ1v) is 14.9. The molecule has 2 rings (SSSR count). The number of nitrogens with zero attached hydrogens (tertiary/aromatic N) is 3. The van der Waals surface area contributed by atoms with Crippen molar-refractivity contribution in [3.05, 3.63) is 0 Å². The van der Waals surface area contributed by atoms with Gasteiger partial charge in [0, 0.05) is 41.6 Å². The summed E-state index contributed by atoms with van der Waals surface area (Å²) in [7, 11) is 6.31. The predicted molar refractivity (Wildman–Crippen MR) is 172 cm³/mol. The summed E-state index contributed by atoms with van der Waals surface area (Å²) in [4.78, 5) is 59.2. The topological polar surface area (TPSA) is 147 Å². The predicted octanol–water partition coefficient (Wildman–Crippen LogP) is 4.61. The van der Waals surface area contributed by atoms with Crippen LogP contribution in [-0.2, 0) is 28.7 Å². The third-order valence-corrected chi connectivity index (χ3v) is 5.63. The second kappa shape index (κ2) is 22.9. The first kappa shape index (κ1) is 42.5. The summed E-state index contributed by atoms with van der Waals surface area (Å²) in [5.74, 6) is -1.61. The molecule has 2 heterocycles.